The van der Waals surface area contributed by atoms with Gasteiger partial charge in [0, 0.05) is 22.8 Å². The molecule has 122 valence electrons. The lowest BCUT2D eigenvalue weighted by molar-refractivity contribution is 0.102. The van der Waals surface area contributed by atoms with E-state index in [2.05, 4.69) is 22.8 Å². The first-order valence-corrected chi connectivity index (χ1v) is 7.98. The number of benzene rings is 2. The van der Waals surface area contributed by atoms with Crippen LogP contribution < -0.4 is 10.6 Å². The third kappa shape index (κ3) is 4.71. The number of nitrogens with one attached hydrogen (secondary N) is 2. The van der Waals surface area contributed by atoms with Crippen molar-refractivity contribution in [3.05, 3.63) is 64.7 Å². The zero-order valence-corrected chi connectivity index (χ0v) is 14.3. The average molecular weight is 351 g/mol. The summed E-state index contributed by atoms with van der Waals surface area (Å²) in [4.78, 5) is 12.2. The quantitative estimate of drug-likeness (QED) is 0.856. The molecule has 1 fully saturated rings. The maximum absolute atomic E-state index is 12.2. The van der Waals surface area contributed by atoms with E-state index in [-0.39, 0.29) is 18.3 Å². The number of rotatable bonds is 3. The fourth-order valence-corrected chi connectivity index (χ4v) is 3.00. The van der Waals surface area contributed by atoms with E-state index in [1.54, 1.807) is 24.3 Å². The summed E-state index contributed by atoms with van der Waals surface area (Å²) >= 11 is 5.91. The minimum atomic E-state index is -0.144. The van der Waals surface area contributed by atoms with Gasteiger partial charge in [0.2, 0.25) is 0 Å². The highest BCUT2D eigenvalue weighted by molar-refractivity contribution is 6.31. The number of hydrogen-bond acceptors (Lipinski definition) is 2. The highest BCUT2D eigenvalue weighted by atomic mass is 35.5. The molecule has 23 heavy (non-hydrogen) atoms. The molecule has 1 aliphatic rings. The van der Waals surface area contributed by atoms with Gasteiger partial charge in [-0.3, -0.25) is 4.79 Å². The average Bonchev–Trinajstić information content (AvgIpc) is 2.56. The van der Waals surface area contributed by atoms with Crippen LogP contribution in [0.25, 0.3) is 0 Å². The van der Waals surface area contributed by atoms with Crippen LogP contribution >= 0.6 is 24.0 Å². The largest absolute Gasteiger partial charge is 0.322 e. The Balaban J connectivity index is 0.00000192. The molecular weight excluding hydrogens is 331 g/mol. The Bertz CT molecular complexity index is 652. The van der Waals surface area contributed by atoms with Crippen LogP contribution in [0.3, 0.4) is 0 Å². The van der Waals surface area contributed by atoms with Crippen molar-refractivity contribution < 1.29 is 4.79 Å². The predicted octanol–water partition coefficient (Wildman–Crippen LogP) is 4.48. The van der Waals surface area contributed by atoms with Crippen LogP contribution in [0.2, 0.25) is 5.02 Å². The van der Waals surface area contributed by atoms with Gasteiger partial charge in [-0.15, -0.1) is 12.4 Å². The van der Waals surface area contributed by atoms with Gasteiger partial charge in [0.1, 0.15) is 0 Å². The van der Waals surface area contributed by atoms with Gasteiger partial charge in [-0.1, -0.05) is 29.8 Å². The van der Waals surface area contributed by atoms with E-state index in [1.165, 1.54) is 18.4 Å². The lowest BCUT2D eigenvalue weighted by Crippen LogP contribution is -2.28. The number of halogens is 2. The van der Waals surface area contributed by atoms with E-state index in [1.807, 2.05) is 12.1 Å². The van der Waals surface area contributed by atoms with Crippen LogP contribution in [0, 0.1) is 0 Å². The third-order valence-electron chi connectivity index (χ3n) is 4.02. The topological polar surface area (TPSA) is 41.1 Å². The van der Waals surface area contributed by atoms with Crippen molar-refractivity contribution in [2.45, 2.75) is 18.8 Å². The summed E-state index contributed by atoms with van der Waals surface area (Å²) in [7, 11) is 0. The second-order valence-corrected chi connectivity index (χ2v) is 6.07. The van der Waals surface area contributed by atoms with Gasteiger partial charge < -0.3 is 10.6 Å². The SMILES string of the molecule is Cl.O=C(Nc1ccc([C@H]2CCCNC2)cc1)c1cccc(Cl)c1. The van der Waals surface area contributed by atoms with Crippen LogP contribution in [0.15, 0.2) is 48.5 Å². The molecule has 2 aromatic rings. The second-order valence-electron chi connectivity index (χ2n) is 5.63. The highest BCUT2D eigenvalue weighted by Crippen LogP contribution is 2.24. The third-order valence-corrected chi connectivity index (χ3v) is 4.26. The molecule has 0 saturated carbocycles. The van der Waals surface area contributed by atoms with Crippen LogP contribution in [-0.2, 0) is 0 Å². The minimum absolute atomic E-state index is 0. The molecular formula is C18H20Cl2N2O. The smallest absolute Gasteiger partial charge is 0.255 e. The monoisotopic (exact) mass is 350 g/mol. The van der Waals surface area contributed by atoms with Crippen molar-refractivity contribution in [2.75, 3.05) is 18.4 Å². The van der Waals surface area contributed by atoms with Crippen molar-refractivity contribution >= 4 is 35.6 Å². The van der Waals surface area contributed by atoms with Crippen LogP contribution in [0.4, 0.5) is 5.69 Å². The fourth-order valence-electron chi connectivity index (χ4n) is 2.81. The van der Waals surface area contributed by atoms with Gasteiger partial charge in [0.25, 0.3) is 5.91 Å². The van der Waals surface area contributed by atoms with E-state index in [0.29, 0.717) is 16.5 Å². The first-order chi connectivity index (χ1) is 10.7. The minimum Gasteiger partial charge on any atom is -0.322 e. The molecule has 0 aliphatic carbocycles. The molecule has 3 nitrogen and oxygen atoms in total. The number of carbonyl (C=O) groups is 1. The zero-order valence-electron chi connectivity index (χ0n) is 12.7. The Hall–Kier alpha value is -1.55. The van der Waals surface area contributed by atoms with Gasteiger partial charge >= 0.3 is 0 Å². The summed E-state index contributed by atoms with van der Waals surface area (Å²) < 4.78 is 0. The van der Waals surface area contributed by atoms with Gasteiger partial charge in [-0.2, -0.15) is 0 Å². The van der Waals surface area contributed by atoms with Crippen molar-refractivity contribution in [3.63, 3.8) is 0 Å². The van der Waals surface area contributed by atoms with Crippen molar-refractivity contribution in [1.82, 2.24) is 5.32 Å². The van der Waals surface area contributed by atoms with Crippen LogP contribution in [0.1, 0.15) is 34.7 Å². The van der Waals surface area contributed by atoms with E-state index in [4.69, 9.17) is 11.6 Å². The summed E-state index contributed by atoms with van der Waals surface area (Å²) in [5.41, 5.74) is 2.69. The molecule has 3 rings (SSSR count). The molecule has 0 spiro atoms. The molecule has 1 aliphatic heterocycles. The van der Waals surface area contributed by atoms with Crippen LogP contribution in [0.5, 0.6) is 0 Å². The van der Waals surface area contributed by atoms with E-state index >= 15 is 0 Å². The normalized spacial score (nSPS) is 17.2. The molecule has 1 heterocycles. The highest BCUT2D eigenvalue weighted by Gasteiger charge is 2.15. The zero-order chi connectivity index (χ0) is 15.4. The molecule has 0 aromatic heterocycles. The molecule has 0 radical (unpaired) electrons. The first-order valence-electron chi connectivity index (χ1n) is 7.60. The van der Waals surface area contributed by atoms with Crippen molar-refractivity contribution in [3.8, 4) is 0 Å². The van der Waals surface area contributed by atoms with Gasteiger partial charge in [0.05, 0.1) is 0 Å². The Labute approximate surface area is 147 Å². The van der Waals surface area contributed by atoms with Crippen molar-refractivity contribution in [2.24, 2.45) is 0 Å². The molecule has 2 aromatic carbocycles. The van der Waals surface area contributed by atoms with Crippen molar-refractivity contribution in [1.29, 1.82) is 0 Å². The van der Waals surface area contributed by atoms with Crippen LogP contribution in [-0.4, -0.2) is 19.0 Å². The Kier molecular flexibility index (Phi) is 6.46. The molecule has 1 atom stereocenters. The maximum Gasteiger partial charge on any atom is 0.255 e. The lowest BCUT2D eigenvalue weighted by Gasteiger charge is -2.23. The molecule has 2 N–H and O–H groups in total. The van der Waals surface area contributed by atoms with Gasteiger partial charge in [0.15, 0.2) is 0 Å². The first kappa shape index (κ1) is 17.8. The van der Waals surface area contributed by atoms with Gasteiger partial charge in [-0.05, 0) is 61.2 Å². The molecule has 0 unspecified atom stereocenters. The summed E-state index contributed by atoms with van der Waals surface area (Å²) in [6, 6.07) is 15.1. The van der Waals surface area contributed by atoms with Gasteiger partial charge in [-0.25, -0.2) is 0 Å². The summed E-state index contributed by atoms with van der Waals surface area (Å²) in [6.45, 7) is 2.15. The standard InChI is InChI=1S/C18H19ClN2O.ClH/c19-16-5-1-3-14(11-16)18(22)21-17-8-6-13(7-9-17)15-4-2-10-20-12-15;/h1,3,5-9,11,15,20H,2,4,10,12H2,(H,21,22);1H/t15-;/m0./s1. The number of piperidine rings is 1. The number of carbonyl (C=O) groups excluding carboxylic acids is 1. The number of hydrogen-bond donors (Lipinski definition) is 2. The Morgan fingerprint density at radius 2 is 1.96 bits per heavy atom. The summed E-state index contributed by atoms with van der Waals surface area (Å²) in [5, 5.41) is 6.89. The van der Waals surface area contributed by atoms with E-state index in [9.17, 15) is 4.79 Å². The second kappa shape index (κ2) is 8.34. The summed E-state index contributed by atoms with van der Waals surface area (Å²) in [6.07, 6.45) is 2.44. The number of amides is 1. The van der Waals surface area contributed by atoms with E-state index < -0.39 is 0 Å². The predicted molar refractivity (Wildman–Crippen MR) is 97.9 cm³/mol. The molecule has 5 heteroatoms. The molecule has 1 amide bonds. The Morgan fingerprint density at radius 3 is 2.61 bits per heavy atom. The Morgan fingerprint density at radius 1 is 1.17 bits per heavy atom. The lowest BCUT2D eigenvalue weighted by atomic mass is 9.91. The summed E-state index contributed by atoms with van der Waals surface area (Å²) in [5.74, 6) is 0.431. The fraction of sp³-hybridized carbons (Fsp3) is 0.278. The number of anilines is 1. The molecule has 0 bridgehead atoms. The maximum atomic E-state index is 12.2. The van der Waals surface area contributed by atoms with E-state index in [0.717, 1.165) is 18.8 Å². The molecule has 1 saturated heterocycles.